The first kappa shape index (κ1) is 18.5. The number of nitrogens with zero attached hydrogens (tertiary/aromatic N) is 3. The second-order valence-electron chi connectivity index (χ2n) is 6.45. The number of nitrogens with one attached hydrogen (secondary N) is 2. The number of halogens is 4. The molecular weight excluding hydrogens is 378 g/mol. The van der Waals surface area contributed by atoms with E-state index in [0.29, 0.717) is 6.54 Å². The summed E-state index contributed by atoms with van der Waals surface area (Å²) in [6, 6.07) is 3.36. The SMILES string of the molecule is Fc1cc(F)c(-c2cnc3cc(OC(F)F)ccn23)nc1N[C@@H]1CCCNC1. The van der Waals surface area contributed by atoms with Crippen LogP contribution in [0.25, 0.3) is 17.0 Å². The van der Waals surface area contributed by atoms with Crippen LogP contribution in [0, 0.1) is 11.6 Å². The minimum absolute atomic E-state index is 0.00898. The zero-order valence-corrected chi connectivity index (χ0v) is 14.6. The number of alkyl halides is 2. The maximum atomic E-state index is 14.4. The van der Waals surface area contributed by atoms with Crippen molar-refractivity contribution < 1.29 is 22.3 Å². The summed E-state index contributed by atoms with van der Waals surface area (Å²) in [5.41, 5.74) is 0.438. The molecule has 1 aliphatic rings. The molecule has 2 N–H and O–H groups in total. The molecule has 0 aromatic carbocycles. The van der Waals surface area contributed by atoms with E-state index in [9.17, 15) is 17.6 Å². The Labute approximate surface area is 157 Å². The highest BCUT2D eigenvalue weighted by Crippen LogP contribution is 2.27. The van der Waals surface area contributed by atoms with Gasteiger partial charge in [-0.3, -0.25) is 4.40 Å². The lowest BCUT2D eigenvalue weighted by molar-refractivity contribution is -0.0498. The molecule has 0 amide bonds. The van der Waals surface area contributed by atoms with Crippen molar-refractivity contribution in [2.45, 2.75) is 25.5 Å². The number of piperidine rings is 1. The van der Waals surface area contributed by atoms with Gasteiger partial charge >= 0.3 is 6.61 Å². The molecule has 1 fully saturated rings. The summed E-state index contributed by atoms with van der Waals surface area (Å²) in [4.78, 5) is 8.21. The Morgan fingerprint density at radius 1 is 1.25 bits per heavy atom. The zero-order chi connectivity index (χ0) is 19.7. The number of imidazole rings is 1. The molecule has 28 heavy (non-hydrogen) atoms. The predicted octanol–water partition coefficient (Wildman–Crippen LogP) is 3.44. The third-order valence-corrected chi connectivity index (χ3v) is 4.52. The lowest BCUT2D eigenvalue weighted by atomic mass is 10.1. The number of hydrogen-bond donors (Lipinski definition) is 2. The van der Waals surface area contributed by atoms with E-state index in [0.717, 1.165) is 25.5 Å². The molecule has 0 unspecified atom stereocenters. The molecular formula is C18H17F4N5O. The van der Waals surface area contributed by atoms with Gasteiger partial charge in [0.2, 0.25) is 0 Å². The first-order chi connectivity index (χ1) is 13.5. The van der Waals surface area contributed by atoms with Crippen molar-refractivity contribution in [2.24, 2.45) is 0 Å². The summed E-state index contributed by atoms with van der Waals surface area (Å²) < 4.78 is 59.2. The highest BCUT2D eigenvalue weighted by Gasteiger charge is 2.20. The lowest BCUT2D eigenvalue weighted by Gasteiger charge is -2.24. The van der Waals surface area contributed by atoms with Gasteiger partial charge in [0.1, 0.15) is 17.1 Å². The second kappa shape index (κ2) is 7.63. The molecule has 6 nitrogen and oxygen atoms in total. The average Bonchev–Trinajstić information content (AvgIpc) is 3.07. The minimum Gasteiger partial charge on any atom is -0.435 e. The number of pyridine rings is 2. The van der Waals surface area contributed by atoms with Gasteiger partial charge in [0, 0.05) is 30.9 Å². The second-order valence-corrected chi connectivity index (χ2v) is 6.45. The average molecular weight is 395 g/mol. The maximum absolute atomic E-state index is 14.4. The Kier molecular flexibility index (Phi) is 5.03. The molecule has 3 aromatic rings. The normalized spacial score (nSPS) is 17.2. The molecule has 1 saturated heterocycles. The monoisotopic (exact) mass is 395 g/mol. The summed E-state index contributed by atoms with van der Waals surface area (Å²) in [5, 5.41) is 6.21. The first-order valence-corrected chi connectivity index (χ1v) is 8.77. The molecule has 1 aliphatic heterocycles. The molecule has 0 aliphatic carbocycles. The third kappa shape index (κ3) is 3.72. The van der Waals surface area contributed by atoms with Gasteiger partial charge in [0.05, 0.1) is 11.9 Å². The van der Waals surface area contributed by atoms with Crippen LogP contribution >= 0.6 is 0 Å². The highest BCUT2D eigenvalue weighted by molar-refractivity contribution is 5.63. The number of ether oxygens (including phenoxy) is 1. The van der Waals surface area contributed by atoms with Crippen molar-refractivity contribution in [3.05, 3.63) is 42.2 Å². The van der Waals surface area contributed by atoms with Crippen molar-refractivity contribution in [1.82, 2.24) is 19.7 Å². The lowest BCUT2D eigenvalue weighted by Crippen LogP contribution is -2.38. The van der Waals surface area contributed by atoms with Crippen LogP contribution in [-0.2, 0) is 0 Å². The fraction of sp³-hybridized carbons (Fsp3) is 0.333. The van der Waals surface area contributed by atoms with Gasteiger partial charge < -0.3 is 15.4 Å². The summed E-state index contributed by atoms with van der Waals surface area (Å²) >= 11 is 0. The van der Waals surface area contributed by atoms with Gasteiger partial charge in [0.15, 0.2) is 17.5 Å². The van der Waals surface area contributed by atoms with E-state index < -0.39 is 18.2 Å². The molecule has 0 saturated carbocycles. The standard InChI is InChI=1S/C18H17F4N5O/c19-12-7-13(20)17(25-10-2-1-4-23-8-10)26-16(12)14-9-24-15-6-11(28-18(21)22)3-5-27(14)15/h3,5-7,9-10,18,23H,1-2,4,8H2,(H,25,26)/t10-/m1/s1. The number of fused-ring (bicyclic) bond motifs is 1. The smallest absolute Gasteiger partial charge is 0.387 e. The maximum Gasteiger partial charge on any atom is 0.387 e. The third-order valence-electron chi connectivity index (χ3n) is 4.52. The molecule has 0 bridgehead atoms. The molecule has 0 spiro atoms. The Morgan fingerprint density at radius 3 is 2.86 bits per heavy atom. The summed E-state index contributed by atoms with van der Waals surface area (Å²) in [6.07, 6.45) is 4.56. The van der Waals surface area contributed by atoms with E-state index in [1.54, 1.807) is 0 Å². The number of rotatable bonds is 5. The number of aromatic nitrogens is 3. The van der Waals surface area contributed by atoms with Crippen LogP contribution in [0.2, 0.25) is 0 Å². The molecule has 1 atom stereocenters. The van der Waals surface area contributed by atoms with Crippen LogP contribution < -0.4 is 15.4 Å². The summed E-state index contributed by atoms with van der Waals surface area (Å²) in [7, 11) is 0. The van der Waals surface area contributed by atoms with E-state index in [1.807, 2.05) is 0 Å². The van der Waals surface area contributed by atoms with Crippen molar-refractivity contribution in [3.63, 3.8) is 0 Å². The Hall–Kier alpha value is -2.88. The first-order valence-electron chi connectivity index (χ1n) is 8.77. The van der Waals surface area contributed by atoms with Crippen molar-refractivity contribution in [3.8, 4) is 17.1 Å². The van der Waals surface area contributed by atoms with E-state index in [1.165, 1.54) is 28.9 Å². The summed E-state index contributed by atoms with van der Waals surface area (Å²) in [5.74, 6) is -1.75. The quantitative estimate of drug-likeness (QED) is 0.648. The van der Waals surface area contributed by atoms with Gasteiger partial charge in [-0.2, -0.15) is 8.78 Å². The fourth-order valence-corrected chi connectivity index (χ4v) is 3.23. The molecule has 4 heterocycles. The zero-order valence-electron chi connectivity index (χ0n) is 14.6. The van der Waals surface area contributed by atoms with Crippen LogP contribution in [-0.4, -0.2) is 40.1 Å². The van der Waals surface area contributed by atoms with Crippen LogP contribution in [0.5, 0.6) is 5.75 Å². The largest absolute Gasteiger partial charge is 0.435 e. The van der Waals surface area contributed by atoms with Crippen LogP contribution in [0.1, 0.15) is 12.8 Å². The Morgan fingerprint density at radius 2 is 2.11 bits per heavy atom. The van der Waals surface area contributed by atoms with E-state index in [-0.39, 0.29) is 34.6 Å². The van der Waals surface area contributed by atoms with E-state index in [4.69, 9.17) is 0 Å². The molecule has 10 heteroatoms. The minimum atomic E-state index is -2.96. The Bertz CT molecular complexity index is 988. The van der Waals surface area contributed by atoms with Crippen molar-refractivity contribution in [1.29, 1.82) is 0 Å². The number of hydrogen-bond acceptors (Lipinski definition) is 5. The molecule has 148 valence electrons. The van der Waals surface area contributed by atoms with Crippen LogP contribution in [0.15, 0.2) is 30.6 Å². The van der Waals surface area contributed by atoms with Gasteiger partial charge in [0.25, 0.3) is 0 Å². The fourth-order valence-electron chi connectivity index (χ4n) is 3.23. The topological polar surface area (TPSA) is 63.5 Å². The Balaban J connectivity index is 1.69. The molecule has 0 radical (unpaired) electrons. The van der Waals surface area contributed by atoms with Crippen molar-refractivity contribution in [2.75, 3.05) is 18.4 Å². The summed E-state index contributed by atoms with van der Waals surface area (Å²) in [6.45, 7) is -1.39. The van der Waals surface area contributed by atoms with Gasteiger partial charge in [-0.25, -0.2) is 18.7 Å². The van der Waals surface area contributed by atoms with E-state index >= 15 is 0 Å². The van der Waals surface area contributed by atoms with E-state index in [2.05, 4.69) is 25.3 Å². The van der Waals surface area contributed by atoms with Crippen LogP contribution in [0.3, 0.4) is 0 Å². The molecule has 4 rings (SSSR count). The van der Waals surface area contributed by atoms with Crippen molar-refractivity contribution >= 4 is 11.5 Å². The number of anilines is 1. The van der Waals surface area contributed by atoms with Gasteiger partial charge in [-0.05, 0) is 25.5 Å². The highest BCUT2D eigenvalue weighted by atomic mass is 19.3. The van der Waals surface area contributed by atoms with Gasteiger partial charge in [-0.15, -0.1) is 0 Å². The molecule has 3 aromatic heterocycles. The van der Waals surface area contributed by atoms with Gasteiger partial charge in [-0.1, -0.05) is 0 Å². The van der Waals surface area contributed by atoms with Crippen LogP contribution in [0.4, 0.5) is 23.4 Å². The predicted molar refractivity (Wildman–Crippen MR) is 94.5 cm³/mol.